The number of nitrogens with zero attached hydrogens (tertiary/aromatic N) is 2. The van der Waals surface area contributed by atoms with Gasteiger partial charge in [-0.2, -0.15) is 5.10 Å². The SMILES string of the molecule is O=C(c1cn[nH]c1-c1cccc(Cl)c1)N1CC2(CCOC2)C1. The summed E-state index contributed by atoms with van der Waals surface area (Å²) in [6.07, 6.45) is 2.64. The highest BCUT2D eigenvalue weighted by molar-refractivity contribution is 6.30. The largest absolute Gasteiger partial charge is 0.381 e. The van der Waals surface area contributed by atoms with Crippen LogP contribution in [0.25, 0.3) is 11.3 Å². The minimum Gasteiger partial charge on any atom is -0.381 e. The van der Waals surface area contributed by atoms with Crippen molar-refractivity contribution < 1.29 is 9.53 Å². The third kappa shape index (κ3) is 2.21. The molecule has 2 saturated heterocycles. The van der Waals surface area contributed by atoms with Gasteiger partial charge >= 0.3 is 0 Å². The highest BCUT2D eigenvalue weighted by Crippen LogP contribution is 2.39. The van der Waals surface area contributed by atoms with Crippen molar-refractivity contribution in [1.29, 1.82) is 0 Å². The van der Waals surface area contributed by atoms with Gasteiger partial charge in [0, 0.05) is 35.7 Å². The van der Waals surface area contributed by atoms with Crippen molar-refractivity contribution in [1.82, 2.24) is 15.1 Å². The summed E-state index contributed by atoms with van der Waals surface area (Å²) >= 11 is 6.03. The first-order valence-electron chi connectivity index (χ1n) is 7.33. The van der Waals surface area contributed by atoms with Gasteiger partial charge in [-0.05, 0) is 18.6 Å². The quantitative estimate of drug-likeness (QED) is 0.926. The molecule has 2 fully saturated rings. The van der Waals surface area contributed by atoms with E-state index in [1.165, 1.54) is 0 Å². The lowest BCUT2D eigenvalue weighted by Crippen LogP contribution is -2.58. The van der Waals surface area contributed by atoms with Crippen molar-refractivity contribution in [3.63, 3.8) is 0 Å². The van der Waals surface area contributed by atoms with E-state index < -0.39 is 0 Å². The molecule has 0 saturated carbocycles. The van der Waals surface area contributed by atoms with Gasteiger partial charge < -0.3 is 9.64 Å². The maximum atomic E-state index is 12.7. The van der Waals surface area contributed by atoms with E-state index in [2.05, 4.69) is 10.2 Å². The molecule has 22 heavy (non-hydrogen) atoms. The van der Waals surface area contributed by atoms with Crippen LogP contribution < -0.4 is 0 Å². The van der Waals surface area contributed by atoms with Gasteiger partial charge in [-0.3, -0.25) is 9.89 Å². The van der Waals surface area contributed by atoms with Crippen LogP contribution >= 0.6 is 11.6 Å². The fourth-order valence-corrected chi connectivity index (χ4v) is 3.48. The average Bonchev–Trinajstić information content (AvgIpc) is 3.14. The molecule has 5 nitrogen and oxygen atoms in total. The molecule has 2 aromatic rings. The summed E-state index contributed by atoms with van der Waals surface area (Å²) in [7, 11) is 0. The lowest BCUT2D eigenvalue weighted by molar-refractivity contribution is 0.000421. The molecule has 4 rings (SSSR count). The lowest BCUT2D eigenvalue weighted by Gasteiger charge is -2.47. The van der Waals surface area contributed by atoms with Crippen LogP contribution in [0.2, 0.25) is 5.02 Å². The van der Waals surface area contributed by atoms with Crippen LogP contribution in [0, 0.1) is 5.41 Å². The Labute approximate surface area is 133 Å². The van der Waals surface area contributed by atoms with Gasteiger partial charge in [-0.15, -0.1) is 0 Å². The fraction of sp³-hybridized carbons (Fsp3) is 0.375. The highest BCUT2D eigenvalue weighted by atomic mass is 35.5. The number of likely N-dealkylation sites (tertiary alicyclic amines) is 1. The second-order valence-corrected chi connectivity index (χ2v) is 6.57. The number of amides is 1. The molecule has 2 aliphatic rings. The van der Waals surface area contributed by atoms with Crippen LogP contribution in [-0.4, -0.2) is 47.3 Å². The van der Waals surface area contributed by atoms with E-state index >= 15 is 0 Å². The summed E-state index contributed by atoms with van der Waals surface area (Å²) in [5.41, 5.74) is 2.37. The normalized spacial score (nSPS) is 19.4. The van der Waals surface area contributed by atoms with Crippen LogP contribution in [0.5, 0.6) is 0 Å². The molecule has 0 bridgehead atoms. The Hall–Kier alpha value is -1.85. The first-order valence-corrected chi connectivity index (χ1v) is 7.71. The van der Waals surface area contributed by atoms with E-state index in [-0.39, 0.29) is 11.3 Å². The van der Waals surface area contributed by atoms with Gasteiger partial charge in [0.05, 0.1) is 24.1 Å². The summed E-state index contributed by atoms with van der Waals surface area (Å²) in [6, 6.07) is 7.41. The van der Waals surface area contributed by atoms with E-state index in [9.17, 15) is 4.79 Å². The van der Waals surface area contributed by atoms with Crippen LogP contribution in [0.1, 0.15) is 16.8 Å². The monoisotopic (exact) mass is 317 g/mol. The fourth-order valence-electron chi connectivity index (χ4n) is 3.29. The number of aromatic amines is 1. The number of ether oxygens (including phenoxy) is 1. The smallest absolute Gasteiger partial charge is 0.257 e. The van der Waals surface area contributed by atoms with Crippen molar-refractivity contribution in [3.8, 4) is 11.3 Å². The minimum absolute atomic E-state index is 0.0150. The third-order valence-corrected chi connectivity index (χ3v) is 4.74. The number of carbonyl (C=O) groups excluding carboxylic acids is 1. The molecule has 2 aliphatic heterocycles. The van der Waals surface area contributed by atoms with E-state index in [1.54, 1.807) is 6.20 Å². The number of H-pyrrole nitrogens is 1. The molecule has 0 atom stereocenters. The predicted octanol–water partition coefficient (Wildman–Crippen LogP) is 2.59. The molecule has 1 aromatic carbocycles. The van der Waals surface area contributed by atoms with Crippen molar-refractivity contribution >= 4 is 17.5 Å². The standard InChI is InChI=1S/C16H16ClN3O2/c17-12-3-1-2-11(6-12)14-13(7-18-19-14)15(21)20-8-16(9-20)4-5-22-10-16/h1-3,6-7H,4-5,8-10H2,(H,18,19). The number of hydrogen-bond acceptors (Lipinski definition) is 3. The zero-order valence-electron chi connectivity index (χ0n) is 12.0. The molecular formula is C16H16ClN3O2. The van der Waals surface area contributed by atoms with Crippen molar-refractivity contribution in [3.05, 3.63) is 41.0 Å². The molecule has 1 amide bonds. The predicted molar refractivity (Wildman–Crippen MR) is 82.8 cm³/mol. The second-order valence-electron chi connectivity index (χ2n) is 6.13. The van der Waals surface area contributed by atoms with Crippen molar-refractivity contribution in [2.24, 2.45) is 5.41 Å². The summed E-state index contributed by atoms with van der Waals surface area (Å²) in [5, 5.41) is 7.59. The second kappa shape index (κ2) is 5.11. The Morgan fingerprint density at radius 3 is 3.00 bits per heavy atom. The number of aromatic nitrogens is 2. The summed E-state index contributed by atoms with van der Waals surface area (Å²) in [5.74, 6) is 0.0150. The molecular weight excluding hydrogens is 302 g/mol. The van der Waals surface area contributed by atoms with Gasteiger partial charge in [0.25, 0.3) is 5.91 Å². The molecule has 6 heteroatoms. The topological polar surface area (TPSA) is 58.2 Å². The zero-order valence-corrected chi connectivity index (χ0v) is 12.8. The number of carbonyl (C=O) groups is 1. The van der Waals surface area contributed by atoms with E-state index in [0.29, 0.717) is 10.6 Å². The van der Waals surface area contributed by atoms with Gasteiger partial charge in [0.15, 0.2) is 0 Å². The maximum absolute atomic E-state index is 12.7. The number of halogens is 1. The molecule has 3 heterocycles. The molecule has 0 radical (unpaired) electrons. The van der Waals surface area contributed by atoms with Gasteiger partial charge in [0.1, 0.15) is 0 Å². The first-order chi connectivity index (χ1) is 10.7. The van der Waals surface area contributed by atoms with Crippen LogP contribution in [0.3, 0.4) is 0 Å². The number of benzene rings is 1. The lowest BCUT2D eigenvalue weighted by atomic mass is 9.79. The van der Waals surface area contributed by atoms with E-state index in [1.807, 2.05) is 29.2 Å². The van der Waals surface area contributed by atoms with Crippen LogP contribution in [0.15, 0.2) is 30.5 Å². The summed E-state index contributed by atoms with van der Waals surface area (Å²) < 4.78 is 5.46. The molecule has 1 spiro atoms. The Balaban J connectivity index is 1.57. The van der Waals surface area contributed by atoms with E-state index in [0.717, 1.165) is 44.0 Å². The van der Waals surface area contributed by atoms with Crippen molar-refractivity contribution in [2.45, 2.75) is 6.42 Å². The maximum Gasteiger partial charge on any atom is 0.257 e. The third-order valence-electron chi connectivity index (χ3n) is 4.51. The Morgan fingerprint density at radius 2 is 2.27 bits per heavy atom. The minimum atomic E-state index is 0.0150. The molecule has 1 aromatic heterocycles. The van der Waals surface area contributed by atoms with Crippen LogP contribution in [-0.2, 0) is 4.74 Å². The summed E-state index contributed by atoms with van der Waals surface area (Å²) in [4.78, 5) is 14.6. The molecule has 0 aliphatic carbocycles. The summed E-state index contributed by atoms with van der Waals surface area (Å²) in [6.45, 7) is 3.11. The number of rotatable bonds is 2. The van der Waals surface area contributed by atoms with Gasteiger partial charge in [0.2, 0.25) is 0 Å². The highest BCUT2D eigenvalue weighted by Gasteiger charge is 2.48. The Kier molecular flexibility index (Phi) is 3.20. The Morgan fingerprint density at radius 1 is 1.41 bits per heavy atom. The molecule has 1 N–H and O–H groups in total. The zero-order chi connectivity index (χ0) is 15.2. The molecule has 0 unspecified atom stereocenters. The number of nitrogens with one attached hydrogen (secondary N) is 1. The first kappa shape index (κ1) is 13.8. The van der Waals surface area contributed by atoms with Gasteiger partial charge in [-0.1, -0.05) is 23.7 Å². The van der Waals surface area contributed by atoms with Crippen LogP contribution in [0.4, 0.5) is 0 Å². The Bertz CT molecular complexity index is 714. The van der Waals surface area contributed by atoms with Gasteiger partial charge in [-0.25, -0.2) is 0 Å². The van der Waals surface area contributed by atoms with E-state index in [4.69, 9.17) is 16.3 Å². The number of hydrogen-bond donors (Lipinski definition) is 1. The van der Waals surface area contributed by atoms with Crippen molar-refractivity contribution in [2.75, 3.05) is 26.3 Å². The average molecular weight is 318 g/mol. The molecule has 114 valence electrons.